The number of benzene rings is 2. The molecule has 5 rings (SSSR count). The lowest BCUT2D eigenvalue weighted by atomic mass is 9.93. The van der Waals surface area contributed by atoms with Crippen LogP contribution in [0.4, 0.5) is 0 Å². The standard InChI is InChI=1S/C33H34BrNO2S2/c1-22(2)27-9-4-3-7-24(27)11-14-29(39-21-33(16-17-33)19-31(36)37)25-8-5-6-23(18-25)10-12-26-13-15-30-32(35-26)28(34)20-38-30/h3-10,12-13,15,18,20,22,29H,11,14,16-17,19,21H2,1-2H3,(H,36,37). The quantitative estimate of drug-likeness (QED) is 0.171. The van der Waals surface area contributed by atoms with Crippen LogP contribution in [-0.2, 0) is 11.2 Å². The maximum Gasteiger partial charge on any atom is 0.303 e. The Morgan fingerprint density at radius 1 is 1.13 bits per heavy atom. The number of nitrogens with zero attached hydrogens (tertiary/aromatic N) is 1. The molecule has 39 heavy (non-hydrogen) atoms. The molecule has 1 aliphatic carbocycles. The number of carboxylic acid groups (broad SMARTS) is 1. The molecule has 2 aromatic heterocycles. The van der Waals surface area contributed by atoms with Crippen molar-refractivity contribution in [1.29, 1.82) is 0 Å². The van der Waals surface area contributed by atoms with Gasteiger partial charge in [0.1, 0.15) is 0 Å². The van der Waals surface area contributed by atoms with E-state index in [0.717, 1.165) is 52.7 Å². The van der Waals surface area contributed by atoms with Crippen molar-refractivity contribution < 1.29 is 9.90 Å². The van der Waals surface area contributed by atoms with Crippen LogP contribution in [0.15, 0.2) is 70.5 Å². The fraction of sp³-hybridized carbons (Fsp3) is 0.333. The summed E-state index contributed by atoms with van der Waals surface area (Å²) in [6.45, 7) is 4.51. The number of carbonyl (C=O) groups is 1. The van der Waals surface area contributed by atoms with E-state index in [4.69, 9.17) is 4.98 Å². The van der Waals surface area contributed by atoms with Crippen LogP contribution in [0, 0.1) is 5.41 Å². The number of carboxylic acids is 1. The first kappa shape index (κ1) is 28.1. The van der Waals surface area contributed by atoms with Crippen LogP contribution < -0.4 is 0 Å². The summed E-state index contributed by atoms with van der Waals surface area (Å²) in [7, 11) is 0. The van der Waals surface area contributed by atoms with Crippen LogP contribution in [0.25, 0.3) is 22.4 Å². The number of pyridine rings is 1. The van der Waals surface area contributed by atoms with Crippen LogP contribution in [-0.4, -0.2) is 21.8 Å². The van der Waals surface area contributed by atoms with Gasteiger partial charge in [-0.3, -0.25) is 4.79 Å². The van der Waals surface area contributed by atoms with Gasteiger partial charge in [0.2, 0.25) is 0 Å². The normalized spacial score (nSPS) is 15.3. The summed E-state index contributed by atoms with van der Waals surface area (Å²) in [5.41, 5.74) is 7.21. The first-order valence-electron chi connectivity index (χ1n) is 13.5. The number of hydrogen-bond donors (Lipinski definition) is 1. The number of aromatic nitrogens is 1. The van der Waals surface area contributed by atoms with E-state index in [-0.39, 0.29) is 11.8 Å². The van der Waals surface area contributed by atoms with Crippen LogP contribution >= 0.6 is 39.0 Å². The Balaban J connectivity index is 1.36. The Morgan fingerprint density at radius 2 is 1.95 bits per heavy atom. The molecule has 0 spiro atoms. The zero-order valence-corrected chi connectivity index (χ0v) is 25.6. The minimum absolute atomic E-state index is 0.0254. The monoisotopic (exact) mass is 619 g/mol. The maximum absolute atomic E-state index is 11.5. The molecule has 4 aromatic rings. The zero-order chi connectivity index (χ0) is 27.4. The minimum atomic E-state index is -0.677. The SMILES string of the molecule is CC(C)c1ccccc1CCC(SCC1(CC(=O)O)CC1)c1cccc(C=Cc2ccc3scc(Br)c3n2)c1. The van der Waals surface area contributed by atoms with Crippen molar-refractivity contribution in [2.45, 2.75) is 57.1 Å². The second-order valence-electron chi connectivity index (χ2n) is 10.9. The van der Waals surface area contributed by atoms with E-state index in [1.165, 1.54) is 21.4 Å². The molecule has 1 saturated carbocycles. The number of thiophene rings is 1. The number of halogens is 1. The molecule has 6 heteroatoms. The summed E-state index contributed by atoms with van der Waals surface area (Å²) in [4.78, 5) is 16.3. The average Bonchev–Trinajstić information content (AvgIpc) is 3.59. The summed E-state index contributed by atoms with van der Waals surface area (Å²) < 4.78 is 2.21. The largest absolute Gasteiger partial charge is 0.481 e. The molecule has 2 heterocycles. The fourth-order valence-electron chi connectivity index (χ4n) is 5.14. The molecule has 1 unspecified atom stereocenters. The molecule has 1 aliphatic rings. The molecule has 0 bridgehead atoms. The van der Waals surface area contributed by atoms with Crippen molar-refractivity contribution in [1.82, 2.24) is 4.98 Å². The lowest BCUT2D eigenvalue weighted by molar-refractivity contribution is -0.138. The number of aryl methyl sites for hydroxylation is 1. The van der Waals surface area contributed by atoms with Gasteiger partial charge in [-0.1, -0.05) is 68.5 Å². The highest BCUT2D eigenvalue weighted by atomic mass is 79.9. The second kappa shape index (κ2) is 12.4. The molecule has 0 radical (unpaired) electrons. The highest BCUT2D eigenvalue weighted by molar-refractivity contribution is 9.10. The molecule has 1 N–H and O–H groups in total. The molecule has 1 fully saturated rings. The van der Waals surface area contributed by atoms with E-state index in [0.29, 0.717) is 11.2 Å². The molecular formula is C33H34BrNO2S2. The van der Waals surface area contributed by atoms with Gasteiger partial charge in [0.05, 0.1) is 26.8 Å². The van der Waals surface area contributed by atoms with Gasteiger partial charge < -0.3 is 5.11 Å². The number of rotatable bonds is 12. The number of fused-ring (bicyclic) bond motifs is 1. The first-order valence-corrected chi connectivity index (χ1v) is 16.3. The topological polar surface area (TPSA) is 50.2 Å². The summed E-state index contributed by atoms with van der Waals surface area (Å²) in [5.74, 6) is 0.715. The molecular weight excluding hydrogens is 586 g/mol. The fourth-order valence-corrected chi connectivity index (χ4v) is 8.18. The van der Waals surface area contributed by atoms with E-state index in [1.807, 2.05) is 11.8 Å². The van der Waals surface area contributed by atoms with Crippen LogP contribution in [0.3, 0.4) is 0 Å². The first-order chi connectivity index (χ1) is 18.8. The van der Waals surface area contributed by atoms with E-state index in [2.05, 4.69) is 108 Å². The third-order valence-corrected chi connectivity index (χ3v) is 11.1. The van der Waals surface area contributed by atoms with Gasteiger partial charge in [0, 0.05) is 16.4 Å². The minimum Gasteiger partial charge on any atom is -0.481 e. The van der Waals surface area contributed by atoms with Gasteiger partial charge in [-0.15, -0.1) is 11.3 Å². The molecule has 3 nitrogen and oxygen atoms in total. The summed E-state index contributed by atoms with van der Waals surface area (Å²) in [5, 5.41) is 11.8. The van der Waals surface area contributed by atoms with E-state index in [9.17, 15) is 9.90 Å². The average molecular weight is 621 g/mol. The summed E-state index contributed by atoms with van der Waals surface area (Å²) in [6, 6.07) is 21.8. The Hall–Kier alpha value is -2.41. The summed E-state index contributed by atoms with van der Waals surface area (Å²) >= 11 is 7.24. The van der Waals surface area contributed by atoms with Gasteiger partial charge in [0.15, 0.2) is 0 Å². The molecule has 202 valence electrons. The Labute approximate surface area is 247 Å². The molecule has 0 aliphatic heterocycles. The van der Waals surface area contributed by atoms with Gasteiger partial charge >= 0.3 is 5.97 Å². The number of aliphatic carboxylic acids is 1. The lowest BCUT2D eigenvalue weighted by Crippen LogP contribution is -2.12. The second-order valence-corrected chi connectivity index (χ2v) is 13.9. The van der Waals surface area contributed by atoms with Crippen LogP contribution in [0.2, 0.25) is 0 Å². The van der Waals surface area contributed by atoms with Crippen molar-refractivity contribution in [2.75, 3.05) is 5.75 Å². The van der Waals surface area contributed by atoms with Crippen molar-refractivity contribution >= 4 is 67.4 Å². The third kappa shape index (κ3) is 7.22. The van der Waals surface area contributed by atoms with Gasteiger partial charge in [-0.2, -0.15) is 11.8 Å². The smallest absolute Gasteiger partial charge is 0.303 e. The van der Waals surface area contributed by atoms with Gasteiger partial charge in [0.25, 0.3) is 0 Å². The molecule has 1 atom stereocenters. The summed E-state index contributed by atoms with van der Waals surface area (Å²) in [6.07, 6.45) is 8.58. The highest BCUT2D eigenvalue weighted by Gasteiger charge is 2.44. The Bertz CT molecular complexity index is 1490. The maximum atomic E-state index is 11.5. The molecule has 0 amide bonds. The van der Waals surface area contributed by atoms with Crippen LogP contribution in [0.5, 0.6) is 0 Å². The number of thioether (sulfide) groups is 1. The lowest BCUT2D eigenvalue weighted by Gasteiger charge is -2.22. The third-order valence-electron chi connectivity index (χ3n) is 7.55. The predicted molar refractivity (Wildman–Crippen MR) is 171 cm³/mol. The van der Waals surface area contributed by atoms with Gasteiger partial charge in [-0.05, 0) is 93.4 Å². The molecule has 0 saturated heterocycles. The predicted octanol–water partition coefficient (Wildman–Crippen LogP) is 10.0. The van der Waals surface area contributed by atoms with Crippen molar-refractivity contribution in [3.63, 3.8) is 0 Å². The molecule has 2 aromatic carbocycles. The zero-order valence-electron chi connectivity index (χ0n) is 22.4. The highest BCUT2D eigenvalue weighted by Crippen LogP contribution is 2.53. The number of hydrogen-bond acceptors (Lipinski definition) is 4. The van der Waals surface area contributed by atoms with E-state index >= 15 is 0 Å². The van der Waals surface area contributed by atoms with Gasteiger partial charge in [-0.25, -0.2) is 4.98 Å². The van der Waals surface area contributed by atoms with Crippen molar-refractivity contribution in [3.05, 3.63) is 98.5 Å². The van der Waals surface area contributed by atoms with Crippen molar-refractivity contribution in [2.24, 2.45) is 5.41 Å². The van der Waals surface area contributed by atoms with E-state index in [1.54, 1.807) is 11.3 Å². The Morgan fingerprint density at radius 3 is 2.72 bits per heavy atom. The van der Waals surface area contributed by atoms with E-state index < -0.39 is 5.97 Å². The van der Waals surface area contributed by atoms with Crippen molar-refractivity contribution in [3.8, 4) is 0 Å². The van der Waals surface area contributed by atoms with Crippen LogP contribution in [0.1, 0.15) is 78.6 Å². The Kier molecular flexibility index (Phi) is 8.95.